The number of benzene rings is 4. The Morgan fingerprint density at radius 2 is 1.31 bits per heavy atom. The van der Waals surface area contributed by atoms with Crippen LogP contribution < -0.4 is 0 Å². The molecule has 1 saturated heterocycles. The number of carbonyl (C=O) groups is 2. The highest BCUT2D eigenvalue weighted by atomic mass is 16.6. The molecule has 0 aromatic heterocycles. The van der Waals surface area contributed by atoms with Gasteiger partial charge in [-0.2, -0.15) is 5.26 Å². The summed E-state index contributed by atoms with van der Waals surface area (Å²) in [6.07, 6.45) is 7.90. The van der Waals surface area contributed by atoms with E-state index in [1.807, 2.05) is 134 Å². The van der Waals surface area contributed by atoms with Gasteiger partial charge in [-0.3, -0.25) is 14.6 Å². The monoisotopic (exact) mass is 770 g/mol. The van der Waals surface area contributed by atoms with Crippen LogP contribution in [0.1, 0.15) is 42.0 Å². The van der Waals surface area contributed by atoms with Crippen molar-refractivity contribution in [3.8, 4) is 6.07 Å². The highest BCUT2D eigenvalue weighted by molar-refractivity contribution is 5.86. The molecule has 0 radical (unpaired) electrons. The van der Waals surface area contributed by atoms with Gasteiger partial charge in [-0.1, -0.05) is 152 Å². The van der Waals surface area contributed by atoms with Gasteiger partial charge in [-0.15, -0.1) is 0 Å². The molecule has 0 unspecified atom stereocenters. The number of esters is 1. The van der Waals surface area contributed by atoms with Gasteiger partial charge in [-0.05, 0) is 64.8 Å². The largest absolute Gasteiger partial charge is 0.492 e. The molecule has 0 N–H and O–H groups in total. The topological polar surface area (TPSA) is 98.0 Å². The molecule has 0 amide bonds. The molecule has 0 aliphatic carbocycles. The van der Waals surface area contributed by atoms with E-state index in [2.05, 4.69) is 31.4 Å². The van der Waals surface area contributed by atoms with Crippen LogP contribution in [0.25, 0.3) is 0 Å². The van der Waals surface area contributed by atoms with E-state index in [0.717, 1.165) is 39.0 Å². The SMILES string of the molecule is C=C(Cc1ccccc1)C[C@@H]1[C@H](OC(=C)Cc2ccccc2)[C@@H](COC(=O)Cc2ccccc2)O[C@@]1(C#N)/C1=C/C=C(C)/C(CC(=O)Cc2ccccc2)=C\C=NC1. The first-order valence-corrected chi connectivity index (χ1v) is 19.7. The number of ether oxygens (including phenoxy) is 3. The Hall–Kier alpha value is -6.36. The van der Waals surface area contributed by atoms with Crippen LogP contribution in [0.5, 0.6) is 0 Å². The van der Waals surface area contributed by atoms with Crippen molar-refractivity contribution < 1.29 is 23.8 Å². The van der Waals surface area contributed by atoms with Gasteiger partial charge >= 0.3 is 5.97 Å². The summed E-state index contributed by atoms with van der Waals surface area (Å²) in [7, 11) is 0. The molecule has 58 heavy (non-hydrogen) atoms. The highest BCUT2D eigenvalue weighted by Gasteiger charge is 2.59. The number of allylic oxidation sites excluding steroid dienone is 7. The first-order valence-electron chi connectivity index (χ1n) is 19.7. The van der Waals surface area contributed by atoms with Gasteiger partial charge in [0.15, 0.2) is 5.60 Å². The molecular formula is C51H50N2O5. The third-order valence-electron chi connectivity index (χ3n) is 10.5. The Kier molecular flexibility index (Phi) is 14.4. The summed E-state index contributed by atoms with van der Waals surface area (Å²) in [6, 6.07) is 41.6. The predicted octanol–water partition coefficient (Wildman–Crippen LogP) is 9.47. The zero-order valence-corrected chi connectivity index (χ0v) is 33.1. The van der Waals surface area contributed by atoms with E-state index in [4.69, 9.17) is 19.2 Å². The molecule has 0 saturated carbocycles. The molecule has 4 atom stereocenters. The maximum Gasteiger partial charge on any atom is 0.310 e. The van der Waals surface area contributed by atoms with Crippen LogP contribution in [0.2, 0.25) is 0 Å². The molecule has 4 aromatic rings. The van der Waals surface area contributed by atoms with Crippen molar-refractivity contribution in [2.24, 2.45) is 10.9 Å². The van der Waals surface area contributed by atoms with E-state index in [9.17, 15) is 14.9 Å². The molecule has 0 bridgehead atoms. The van der Waals surface area contributed by atoms with Crippen LogP contribution in [0.15, 0.2) is 186 Å². The highest BCUT2D eigenvalue weighted by Crippen LogP contribution is 2.47. The fourth-order valence-corrected chi connectivity index (χ4v) is 7.59. The number of rotatable bonds is 17. The number of ketones is 1. The summed E-state index contributed by atoms with van der Waals surface area (Å²) >= 11 is 0. The minimum Gasteiger partial charge on any atom is -0.492 e. The summed E-state index contributed by atoms with van der Waals surface area (Å²) in [6.45, 7) is 10.8. The smallest absolute Gasteiger partial charge is 0.310 e. The molecule has 6 rings (SSSR count). The van der Waals surface area contributed by atoms with Crippen LogP contribution in [0.3, 0.4) is 0 Å². The normalized spacial score (nSPS) is 22.9. The molecule has 294 valence electrons. The molecule has 7 heteroatoms. The Morgan fingerprint density at radius 1 is 0.759 bits per heavy atom. The third kappa shape index (κ3) is 11.1. The molecule has 2 aliphatic rings. The predicted molar refractivity (Wildman–Crippen MR) is 229 cm³/mol. The molecule has 0 spiro atoms. The Balaban J connectivity index is 1.33. The lowest BCUT2D eigenvalue weighted by Crippen LogP contribution is -2.41. The van der Waals surface area contributed by atoms with Crippen molar-refractivity contribution in [2.45, 2.75) is 63.3 Å². The number of nitrogens with zero attached hydrogens (tertiary/aromatic N) is 2. The maximum atomic E-state index is 13.2. The number of hydrogen-bond acceptors (Lipinski definition) is 7. The summed E-state index contributed by atoms with van der Waals surface area (Å²) < 4.78 is 19.6. The summed E-state index contributed by atoms with van der Waals surface area (Å²) in [5, 5.41) is 11.4. The van der Waals surface area contributed by atoms with E-state index in [1.54, 1.807) is 6.21 Å². The molecule has 2 aliphatic heterocycles. The molecule has 2 heterocycles. The number of nitriles is 1. The zero-order valence-electron chi connectivity index (χ0n) is 33.1. The second kappa shape index (κ2) is 20.2. The van der Waals surface area contributed by atoms with Crippen LogP contribution in [-0.2, 0) is 49.5 Å². The number of Topliss-reactive ketones (excluding diaryl/α,β-unsaturated/α-hetero) is 1. The van der Waals surface area contributed by atoms with Crippen LogP contribution >= 0.6 is 0 Å². The van der Waals surface area contributed by atoms with E-state index in [0.29, 0.717) is 37.0 Å². The third-order valence-corrected chi connectivity index (χ3v) is 10.5. The van der Waals surface area contributed by atoms with Gasteiger partial charge in [0.05, 0.1) is 18.7 Å². The van der Waals surface area contributed by atoms with Crippen molar-refractivity contribution in [2.75, 3.05) is 13.2 Å². The second-order valence-electron chi connectivity index (χ2n) is 15.0. The summed E-state index contributed by atoms with van der Waals surface area (Å²) in [5.41, 5.74) is 5.59. The lowest BCUT2D eigenvalue weighted by Gasteiger charge is -2.32. The fourth-order valence-electron chi connectivity index (χ4n) is 7.59. The Bertz CT molecular complexity index is 2220. The molecule has 7 nitrogen and oxygen atoms in total. The van der Waals surface area contributed by atoms with Gasteiger partial charge in [0.25, 0.3) is 0 Å². The van der Waals surface area contributed by atoms with Gasteiger partial charge in [0, 0.05) is 31.4 Å². The summed E-state index contributed by atoms with van der Waals surface area (Å²) in [4.78, 5) is 31.2. The van der Waals surface area contributed by atoms with Gasteiger partial charge < -0.3 is 14.2 Å². The lowest BCUT2D eigenvalue weighted by atomic mass is 9.75. The van der Waals surface area contributed by atoms with E-state index in [-0.39, 0.29) is 31.8 Å². The molecular weight excluding hydrogens is 721 g/mol. The van der Waals surface area contributed by atoms with Crippen LogP contribution in [0, 0.1) is 17.2 Å². The van der Waals surface area contributed by atoms with Crippen molar-refractivity contribution in [1.29, 1.82) is 5.26 Å². The van der Waals surface area contributed by atoms with Gasteiger partial charge in [0.1, 0.15) is 30.7 Å². The lowest BCUT2D eigenvalue weighted by molar-refractivity contribution is -0.149. The minimum absolute atomic E-state index is 0.0899. The first-order chi connectivity index (χ1) is 28.2. The van der Waals surface area contributed by atoms with E-state index >= 15 is 0 Å². The van der Waals surface area contributed by atoms with Gasteiger partial charge in [-0.25, -0.2) is 0 Å². The minimum atomic E-state index is -1.55. The number of hydrogen-bond donors (Lipinski definition) is 0. The van der Waals surface area contributed by atoms with E-state index < -0.39 is 29.7 Å². The van der Waals surface area contributed by atoms with Crippen molar-refractivity contribution in [1.82, 2.24) is 0 Å². The summed E-state index contributed by atoms with van der Waals surface area (Å²) in [5.74, 6) is -0.415. The average molecular weight is 771 g/mol. The van der Waals surface area contributed by atoms with Crippen molar-refractivity contribution in [3.63, 3.8) is 0 Å². The van der Waals surface area contributed by atoms with Crippen LogP contribution in [0.4, 0.5) is 0 Å². The van der Waals surface area contributed by atoms with Crippen molar-refractivity contribution >= 4 is 18.0 Å². The molecule has 4 aromatic carbocycles. The Morgan fingerprint density at radius 3 is 1.90 bits per heavy atom. The van der Waals surface area contributed by atoms with Crippen LogP contribution in [-0.4, -0.2) is 48.9 Å². The molecule has 1 fully saturated rings. The average Bonchev–Trinajstić information content (AvgIpc) is 3.55. The number of aliphatic imine (C=N–C) groups is 1. The first kappa shape index (κ1) is 41.3. The zero-order chi connectivity index (χ0) is 40.7. The Labute approximate surface area is 342 Å². The van der Waals surface area contributed by atoms with Crippen molar-refractivity contribution in [3.05, 3.63) is 203 Å². The second-order valence-corrected chi connectivity index (χ2v) is 15.0. The standard InChI is InChI=1S/C51H50N2O5/c1-37(28-40-16-8-4-9-17-40)29-47-50(57-39(3)30-41-18-10-5-11-19-41)48(35-56-49(55)32-43-22-14-7-15-23-43)58-51(47,36-52)45-25-24-38(2)44(26-27-53-34-45)33-46(54)31-42-20-12-6-13-21-42/h4-27,47-48,50H,1,3,28-35H2,2H3/b38-24+,44-26-,45-25+,53-27?/t47-,48-,50+,51+/m1/s1. The maximum absolute atomic E-state index is 13.2. The number of carbonyl (C=O) groups excluding carboxylic acids is 2. The quantitative estimate of drug-likeness (QED) is 0.0603. The van der Waals surface area contributed by atoms with Gasteiger partial charge in [0.2, 0.25) is 0 Å². The fraction of sp³-hybridized carbons (Fsp3) is 0.255. The van der Waals surface area contributed by atoms with E-state index in [1.165, 1.54) is 0 Å².